The molecule has 1 unspecified atom stereocenters. The monoisotopic (exact) mass is 397 g/mol. The first-order valence-electron chi connectivity index (χ1n) is 9.23. The average Bonchev–Trinajstić information content (AvgIpc) is 3.24. The summed E-state index contributed by atoms with van der Waals surface area (Å²) in [6.45, 7) is 9.13. The van der Waals surface area contributed by atoms with E-state index in [4.69, 9.17) is 13.7 Å². The largest absolute Gasteiger partial charge is 0.418 e. The molecule has 0 aliphatic carbocycles. The third-order valence-electron chi connectivity index (χ3n) is 4.69. The second-order valence-corrected chi connectivity index (χ2v) is 10.5. The van der Waals surface area contributed by atoms with E-state index in [-0.39, 0.29) is 40.5 Å². The van der Waals surface area contributed by atoms with Crippen molar-refractivity contribution in [2.24, 2.45) is 5.92 Å². The van der Waals surface area contributed by atoms with Crippen LogP contribution in [0.1, 0.15) is 58.0 Å². The van der Waals surface area contributed by atoms with Crippen LogP contribution in [-0.2, 0) is 20.0 Å². The van der Waals surface area contributed by atoms with Crippen LogP contribution in [0.2, 0.25) is 0 Å². The van der Waals surface area contributed by atoms with Crippen molar-refractivity contribution in [2.45, 2.75) is 51.9 Å². The van der Waals surface area contributed by atoms with Gasteiger partial charge in [-0.25, -0.2) is 8.42 Å². The first kappa shape index (κ1) is 20.0. The number of nitrogens with zero attached hydrogens (tertiary/aromatic N) is 3. The first-order valence-corrected chi connectivity index (χ1v) is 11.1. The predicted molar refractivity (Wildman–Crippen MR) is 99.1 cm³/mol. The number of ether oxygens (including phenoxy) is 1. The average molecular weight is 397 g/mol. The summed E-state index contributed by atoms with van der Waals surface area (Å²) >= 11 is 0. The van der Waals surface area contributed by atoms with E-state index in [1.165, 1.54) is 0 Å². The molecule has 0 aromatic carbocycles. The zero-order valence-corrected chi connectivity index (χ0v) is 17.1. The maximum Gasteiger partial charge on any atom is 0.286 e. The van der Waals surface area contributed by atoms with E-state index in [0.717, 1.165) is 18.5 Å². The van der Waals surface area contributed by atoms with Crippen LogP contribution in [0.15, 0.2) is 15.0 Å². The molecule has 150 valence electrons. The number of hydrogen-bond donors (Lipinski definition) is 0. The van der Waals surface area contributed by atoms with Crippen LogP contribution in [0.5, 0.6) is 0 Å². The van der Waals surface area contributed by atoms with Gasteiger partial charge >= 0.3 is 0 Å². The smallest absolute Gasteiger partial charge is 0.286 e. The summed E-state index contributed by atoms with van der Waals surface area (Å²) < 4.78 is 41.3. The van der Waals surface area contributed by atoms with Crippen LogP contribution in [0, 0.1) is 5.92 Å². The second kappa shape index (κ2) is 7.71. The minimum absolute atomic E-state index is 0.0182. The Kier molecular flexibility index (Phi) is 5.71. The molecule has 1 atom stereocenters. The van der Waals surface area contributed by atoms with Crippen molar-refractivity contribution >= 4 is 9.84 Å². The van der Waals surface area contributed by atoms with E-state index >= 15 is 0 Å². The summed E-state index contributed by atoms with van der Waals surface area (Å²) in [6, 6.07) is 1.77. The van der Waals surface area contributed by atoms with Gasteiger partial charge in [-0.05, 0) is 18.8 Å². The molecule has 0 N–H and O–H groups in total. The van der Waals surface area contributed by atoms with Crippen molar-refractivity contribution in [1.29, 1.82) is 0 Å². The van der Waals surface area contributed by atoms with Gasteiger partial charge in [-0.1, -0.05) is 32.9 Å². The molecule has 0 radical (unpaired) electrons. The van der Waals surface area contributed by atoms with Gasteiger partial charge < -0.3 is 13.7 Å². The van der Waals surface area contributed by atoms with Crippen LogP contribution >= 0.6 is 0 Å². The summed E-state index contributed by atoms with van der Waals surface area (Å²) in [4.78, 5) is 0. The zero-order chi connectivity index (χ0) is 19.7. The molecular weight excluding hydrogens is 370 g/mol. The van der Waals surface area contributed by atoms with Crippen molar-refractivity contribution in [1.82, 2.24) is 15.4 Å². The number of rotatable bonds is 6. The van der Waals surface area contributed by atoms with Crippen molar-refractivity contribution < 1.29 is 22.1 Å². The molecule has 1 aliphatic heterocycles. The molecule has 27 heavy (non-hydrogen) atoms. The molecule has 0 spiro atoms. The molecular formula is C18H27N3O5S. The van der Waals surface area contributed by atoms with Crippen LogP contribution in [0.3, 0.4) is 0 Å². The SMILES string of the molecule is CC(CS(=O)(=O)CC1CCOCC1)c1nnc(-c2cc(C(C)(C)C)no2)o1. The van der Waals surface area contributed by atoms with Gasteiger partial charge in [0.2, 0.25) is 11.7 Å². The van der Waals surface area contributed by atoms with Gasteiger partial charge in [-0.2, -0.15) is 0 Å². The fourth-order valence-corrected chi connectivity index (χ4v) is 5.15. The van der Waals surface area contributed by atoms with Crippen LogP contribution < -0.4 is 0 Å². The Morgan fingerprint density at radius 3 is 2.56 bits per heavy atom. The predicted octanol–water partition coefficient (Wildman–Crippen LogP) is 2.97. The Bertz CT molecular complexity index is 860. The van der Waals surface area contributed by atoms with E-state index < -0.39 is 9.84 Å². The quantitative estimate of drug-likeness (QED) is 0.732. The molecule has 1 saturated heterocycles. The van der Waals surface area contributed by atoms with Gasteiger partial charge in [0, 0.05) is 30.6 Å². The molecule has 3 heterocycles. The van der Waals surface area contributed by atoms with Gasteiger partial charge in [-0.3, -0.25) is 0 Å². The molecule has 1 fully saturated rings. The molecule has 2 aromatic heterocycles. The summed E-state index contributed by atoms with van der Waals surface area (Å²) in [6.07, 6.45) is 1.58. The maximum absolute atomic E-state index is 12.5. The van der Waals surface area contributed by atoms with Crippen molar-refractivity contribution in [3.05, 3.63) is 17.7 Å². The van der Waals surface area contributed by atoms with E-state index in [1.807, 2.05) is 20.8 Å². The fraction of sp³-hybridized carbons (Fsp3) is 0.722. The molecule has 8 nitrogen and oxygen atoms in total. The number of aromatic nitrogens is 3. The topological polar surface area (TPSA) is 108 Å². The zero-order valence-electron chi connectivity index (χ0n) is 16.3. The summed E-state index contributed by atoms with van der Waals surface area (Å²) in [7, 11) is -3.22. The summed E-state index contributed by atoms with van der Waals surface area (Å²) in [5, 5.41) is 12.0. The van der Waals surface area contributed by atoms with Gasteiger partial charge in [0.25, 0.3) is 5.89 Å². The third-order valence-corrected chi connectivity index (χ3v) is 6.67. The molecule has 3 rings (SSSR count). The Balaban J connectivity index is 1.65. The van der Waals surface area contributed by atoms with Crippen molar-refractivity contribution in [3.8, 4) is 11.7 Å². The molecule has 9 heteroatoms. The molecule has 0 bridgehead atoms. The van der Waals surface area contributed by atoms with E-state index in [9.17, 15) is 8.42 Å². The van der Waals surface area contributed by atoms with Gasteiger partial charge in [0.15, 0.2) is 9.84 Å². The standard InChI is InChI=1S/C18H27N3O5S/c1-12(10-27(22,23)11-13-5-7-24-8-6-13)16-19-20-17(25-16)14-9-15(21-26-14)18(2,3)4/h9,12-13H,5-8,10-11H2,1-4H3. The fourth-order valence-electron chi connectivity index (χ4n) is 3.06. The highest BCUT2D eigenvalue weighted by Crippen LogP contribution is 2.28. The Labute approximate surface area is 159 Å². The second-order valence-electron chi connectivity index (χ2n) is 8.31. The van der Waals surface area contributed by atoms with E-state index in [1.54, 1.807) is 13.0 Å². The van der Waals surface area contributed by atoms with Crippen LogP contribution in [0.25, 0.3) is 11.7 Å². The highest BCUT2D eigenvalue weighted by atomic mass is 32.2. The number of sulfone groups is 1. The Morgan fingerprint density at radius 1 is 1.22 bits per heavy atom. The minimum Gasteiger partial charge on any atom is -0.418 e. The minimum atomic E-state index is -3.22. The van der Waals surface area contributed by atoms with E-state index in [0.29, 0.717) is 19.0 Å². The van der Waals surface area contributed by atoms with Crippen LogP contribution in [0.4, 0.5) is 0 Å². The highest BCUT2D eigenvalue weighted by Gasteiger charge is 2.27. The molecule has 0 amide bonds. The van der Waals surface area contributed by atoms with Crippen molar-refractivity contribution in [3.63, 3.8) is 0 Å². The lowest BCUT2D eigenvalue weighted by Crippen LogP contribution is -2.26. The van der Waals surface area contributed by atoms with Gasteiger partial charge in [0.1, 0.15) is 0 Å². The normalized spacial score (nSPS) is 17.9. The Morgan fingerprint density at radius 2 is 1.93 bits per heavy atom. The molecule has 2 aromatic rings. The lowest BCUT2D eigenvalue weighted by atomic mass is 9.92. The highest BCUT2D eigenvalue weighted by molar-refractivity contribution is 7.91. The van der Waals surface area contributed by atoms with Gasteiger partial charge in [0.05, 0.1) is 17.2 Å². The first-order chi connectivity index (χ1) is 12.6. The van der Waals surface area contributed by atoms with Crippen molar-refractivity contribution in [2.75, 3.05) is 24.7 Å². The van der Waals surface area contributed by atoms with Gasteiger partial charge in [-0.15, -0.1) is 10.2 Å². The summed E-state index contributed by atoms with van der Waals surface area (Å²) in [5.74, 6) is 0.821. The third kappa shape index (κ3) is 5.16. The lowest BCUT2D eigenvalue weighted by Gasteiger charge is -2.22. The number of hydrogen-bond acceptors (Lipinski definition) is 8. The lowest BCUT2D eigenvalue weighted by molar-refractivity contribution is 0.0723. The summed E-state index contributed by atoms with van der Waals surface area (Å²) in [5.41, 5.74) is 0.625. The van der Waals surface area contributed by atoms with Crippen LogP contribution in [-0.4, -0.2) is 48.5 Å². The Hall–Kier alpha value is -1.74. The van der Waals surface area contributed by atoms with E-state index in [2.05, 4.69) is 15.4 Å². The maximum atomic E-state index is 12.5. The molecule has 0 saturated carbocycles. The molecule has 1 aliphatic rings.